The number of allylic oxidation sites excluding steroid dienone is 1. The maximum atomic E-state index is 5.94. The van der Waals surface area contributed by atoms with Gasteiger partial charge in [0.15, 0.2) is 0 Å². The van der Waals surface area contributed by atoms with E-state index < -0.39 is 0 Å². The van der Waals surface area contributed by atoms with Crippen molar-refractivity contribution < 1.29 is 4.74 Å². The molecule has 0 atom stereocenters. The lowest BCUT2D eigenvalue weighted by Crippen LogP contribution is -1.95. The van der Waals surface area contributed by atoms with Gasteiger partial charge in [-0.25, -0.2) is 9.97 Å². The highest BCUT2D eigenvalue weighted by molar-refractivity contribution is 6.30. The van der Waals surface area contributed by atoms with Crippen molar-refractivity contribution in [2.45, 2.75) is 13.8 Å². The Kier molecular flexibility index (Phi) is 3.95. The zero-order chi connectivity index (χ0) is 13.0. The summed E-state index contributed by atoms with van der Waals surface area (Å²) in [6.45, 7) is 3.79. The van der Waals surface area contributed by atoms with E-state index in [1.807, 2.05) is 50.3 Å². The fourth-order valence-electron chi connectivity index (χ4n) is 1.51. The number of para-hydroxylation sites is 1. The van der Waals surface area contributed by atoms with Crippen LogP contribution in [0, 0.1) is 6.92 Å². The molecule has 4 heteroatoms. The van der Waals surface area contributed by atoms with Crippen molar-refractivity contribution in [3.8, 4) is 11.6 Å². The summed E-state index contributed by atoms with van der Waals surface area (Å²) in [6.07, 6.45) is 5.33. The van der Waals surface area contributed by atoms with Crippen molar-refractivity contribution in [2.75, 3.05) is 0 Å². The van der Waals surface area contributed by atoms with Crippen molar-refractivity contribution in [2.24, 2.45) is 0 Å². The zero-order valence-electron chi connectivity index (χ0n) is 10.2. The molecule has 0 spiro atoms. The Morgan fingerprint density at radius 2 is 2.00 bits per heavy atom. The number of aromatic nitrogens is 2. The topological polar surface area (TPSA) is 35.0 Å². The fraction of sp³-hybridized carbons (Fsp3) is 0.143. The average Bonchev–Trinajstić information content (AvgIpc) is 2.37. The van der Waals surface area contributed by atoms with Crippen LogP contribution in [0.15, 0.2) is 36.7 Å². The van der Waals surface area contributed by atoms with Gasteiger partial charge in [-0.3, -0.25) is 0 Å². The minimum absolute atomic E-state index is 0.406. The molecule has 0 N–H and O–H groups in total. The van der Waals surface area contributed by atoms with Crippen molar-refractivity contribution in [3.63, 3.8) is 0 Å². The molecule has 0 saturated heterocycles. The highest BCUT2D eigenvalue weighted by Gasteiger charge is 2.08. The van der Waals surface area contributed by atoms with Crippen LogP contribution in [0.2, 0.25) is 5.15 Å². The lowest BCUT2D eigenvalue weighted by atomic mass is 10.2. The molecule has 1 aromatic heterocycles. The van der Waals surface area contributed by atoms with Crippen molar-refractivity contribution in [1.29, 1.82) is 0 Å². The first kappa shape index (κ1) is 12.6. The third kappa shape index (κ3) is 2.68. The first-order chi connectivity index (χ1) is 8.72. The SMILES string of the molecule is CC=Cc1ccccc1Oc1ncnc(Cl)c1C. The van der Waals surface area contributed by atoms with E-state index in [-0.39, 0.29) is 0 Å². The molecule has 0 aliphatic carbocycles. The highest BCUT2D eigenvalue weighted by Crippen LogP contribution is 2.28. The third-order valence-electron chi connectivity index (χ3n) is 2.45. The minimum Gasteiger partial charge on any atom is -0.438 e. The summed E-state index contributed by atoms with van der Waals surface area (Å²) in [4.78, 5) is 7.99. The number of rotatable bonds is 3. The Labute approximate surface area is 111 Å². The zero-order valence-corrected chi connectivity index (χ0v) is 11.0. The number of ether oxygens (including phenoxy) is 1. The normalized spacial score (nSPS) is 10.8. The van der Waals surface area contributed by atoms with Gasteiger partial charge in [0.05, 0.1) is 0 Å². The van der Waals surface area contributed by atoms with E-state index >= 15 is 0 Å². The maximum Gasteiger partial charge on any atom is 0.226 e. The van der Waals surface area contributed by atoms with Crippen LogP contribution in [0.1, 0.15) is 18.1 Å². The molecule has 0 fully saturated rings. The van der Waals surface area contributed by atoms with E-state index in [0.717, 1.165) is 16.9 Å². The van der Waals surface area contributed by atoms with Crippen LogP contribution in [0.5, 0.6) is 11.6 Å². The fourth-order valence-corrected chi connectivity index (χ4v) is 1.64. The third-order valence-corrected chi connectivity index (χ3v) is 2.83. The lowest BCUT2D eigenvalue weighted by Gasteiger charge is -2.10. The molecule has 2 aromatic rings. The average molecular weight is 261 g/mol. The van der Waals surface area contributed by atoms with Gasteiger partial charge < -0.3 is 4.74 Å². The molecule has 0 aliphatic heterocycles. The summed E-state index contributed by atoms with van der Waals surface area (Å²) >= 11 is 5.94. The van der Waals surface area contributed by atoms with E-state index in [9.17, 15) is 0 Å². The lowest BCUT2D eigenvalue weighted by molar-refractivity contribution is 0.456. The molecule has 0 aliphatic rings. The Hall–Kier alpha value is -1.87. The van der Waals surface area contributed by atoms with Crippen molar-refractivity contribution in [1.82, 2.24) is 9.97 Å². The number of nitrogens with zero attached hydrogens (tertiary/aromatic N) is 2. The Balaban J connectivity index is 2.37. The van der Waals surface area contributed by atoms with E-state index in [1.54, 1.807) is 0 Å². The summed E-state index contributed by atoms with van der Waals surface area (Å²) in [5.74, 6) is 1.22. The van der Waals surface area contributed by atoms with E-state index in [1.165, 1.54) is 6.33 Å². The summed E-state index contributed by atoms with van der Waals surface area (Å²) in [7, 11) is 0. The van der Waals surface area contributed by atoms with Gasteiger partial charge in [0, 0.05) is 11.1 Å². The van der Waals surface area contributed by atoms with Gasteiger partial charge in [0.2, 0.25) is 5.88 Å². The van der Waals surface area contributed by atoms with Gasteiger partial charge >= 0.3 is 0 Å². The largest absolute Gasteiger partial charge is 0.438 e. The second-order valence-corrected chi connectivity index (χ2v) is 4.09. The van der Waals surface area contributed by atoms with E-state index in [2.05, 4.69) is 9.97 Å². The highest BCUT2D eigenvalue weighted by atomic mass is 35.5. The van der Waals surface area contributed by atoms with Crippen LogP contribution < -0.4 is 4.74 Å². The van der Waals surface area contributed by atoms with Gasteiger partial charge in [0.1, 0.15) is 17.2 Å². The molecular weight excluding hydrogens is 248 g/mol. The minimum atomic E-state index is 0.406. The number of benzene rings is 1. The summed E-state index contributed by atoms with van der Waals surface area (Å²) in [5, 5.41) is 0.406. The molecule has 1 aromatic carbocycles. The van der Waals surface area contributed by atoms with E-state index in [0.29, 0.717) is 11.0 Å². The predicted octanol–water partition coefficient (Wildman–Crippen LogP) is 4.26. The summed E-state index contributed by atoms with van der Waals surface area (Å²) in [5.41, 5.74) is 1.73. The summed E-state index contributed by atoms with van der Waals surface area (Å²) in [6, 6.07) is 7.75. The van der Waals surface area contributed by atoms with Crippen LogP contribution in [-0.4, -0.2) is 9.97 Å². The van der Waals surface area contributed by atoms with Crippen molar-refractivity contribution in [3.05, 3.63) is 52.9 Å². The van der Waals surface area contributed by atoms with Gasteiger partial charge in [0.25, 0.3) is 0 Å². The maximum absolute atomic E-state index is 5.94. The molecule has 0 unspecified atom stereocenters. The first-order valence-electron chi connectivity index (χ1n) is 5.59. The van der Waals surface area contributed by atoms with Crippen LogP contribution >= 0.6 is 11.6 Å². The van der Waals surface area contributed by atoms with E-state index in [4.69, 9.17) is 16.3 Å². The van der Waals surface area contributed by atoms with Gasteiger partial charge in [-0.2, -0.15) is 0 Å². The second kappa shape index (κ2) is 5.65. The molecule has 3 nitrogen and oxygen atoms in total. The summed E-state index contributed by atoms with van der Waals surface area (Å²) < 4.78 is 5.79. The standard InChI is InChI=1S/C14H13ClN2O/c1-3-6-11-7-4-5-8-12(11)18-14-10(2)13(15)16-9-17-14/h3-9H,1-2H3. The van der Waals surface area contributed by atoms with Gasteiger partial charge in [-0.15, -0.1) is 0 Å². The van der Waals surface area contributed by atoms with Gasteiger partial charge in [-0.05, 0) is 19.9 Å². The Bertz CT molecular complexity index is 582. The molecule has 0 amide bonds. The number of hydrogen-bond acceptors (Lipinski definition) is 3. The van der Waals surface area contributed by atoms with Crippen LogP contribution in [0.25, 0.3) is 6.08 Å². The molecule has 0 saturated carbocycles. The Morgan fingerprint density at radius 3 is 2.78 bits per heavy atom. The molecule has 1 heterocycles. The first-order valence-corrected chi connectivity index (χ1v) is 5.97. The molecule has 0 radical (unpaired) electrons. The second-order valence-electron chi connectivity index (χ2n) is 3.73. The van der Waals surface area contributed by atoms with Crippen LogP contribution in [0.3, 0.4) is 0 Å². The molecule has 0 bridgehead atoms. The van der Waals surface area contributed by atoms with Crippen LogP contribution in [-0.2, 0) is 0 Å². The predicted molar refractivity (Wildman–Crippen MR) is 73.0 cm³/mol. The van der Waals surface area contributed by atoms with Crippen LogP contribution in [0.4, 0.5) is 0 Å². The molecule has 18 heavy (non-hydrogen) atoms. The smallest absolute Gasteiger partial charge is 0.226 e. The number of hydrogen-bond donors (Lipinski definition) is 0. The quantitative estimate of drug-likeness (QED) is 0.774. The monoisotopic (exact) mass is 260 g/mol. The molecule has 2 rings (SSSR count). The van der Waals surface area contributed by atoms with Crippen molar-refractivity contribution >= 4 is 17.7 Å². The number of halogens is 1. The Morgan fingerprint density at radius 1 is 1.22 bits per heavy atom. The molecule has 92 valence electrons. The molecular formula is C14H13ClN2O. The van der Waals surface area contributed by atoms with Gasteiger partial charge in [-0.1, -0.05) is 42.0 Å².